The number of hydrogen-bond donors (Lipinski definition) is 0. The SMILES string of the molecule is O=[PH2]OC(c1ccccc1)(c1ccccc1)c1ccccc1. The average molecular weight is 308 g/mol. The van der Waals surface area contributed by atoms with Crippen molar-refractivity contribution in [3.05, 3.63) is 108 Å². The largest absolute Gasteiger partial charge is 0.311 e. The van der Waals surface area contributed by atoms with Crippen LogP contribution in [0.1, 0.15) is 16.7 Å². The summed E-state index contributed by atoms with van der Waals surface area (Å²) >= 11 is 0. The first kappa shape index (κ1) is 14.8. The van der Waals surface area contributed by atoms with Crippen LogP contribution in [0.3, 0.4) is 0 Å². The van der Waals surface area contributed by atoms with Crippen LogP contribution in [0.2, 0.25) is 0 Å². The zero-order valence-electron chi connectivity index (χ0n) is 12.1. The van der Waals surface area contributed by atoms with Gasteiger partial charge in [0.05, 0.1) is 0 Å². The molecule has 0 aromatic heterocycles. The van der Waals surface area contributed by atoms with E-state index < -0.39 is 14.3 Å². The van der Waals surface area contributed by atoms with Crippen LogP contribution in [0, 0.1) is 0 Å². The Balaban J connectivity index is 2.31. The summed E-state index contributed by atoms with van der Waals surface area (Å²) in [6, 6.07) is 29.8. The second kappa shape index (κ2) is 6.74. The fourth-order valence-corrected chi connectivity index (χ4v) is 3.35. The van der Waals surface area contributed by atoms with Crippen molar-refractivity contribution in [3.63, 3.8) is 0 Å². The van der Waals surface area contributed by atoms with Gasteiger partial charge in [0.1, 0.15) is 0 Å². The molecule has 3 rings (SSSR count). The summed E-state index contributed by atoms with van der Waals surface area (Å²) in [5.41, 5.74) is 2.06. The molecule has 0 spiro atoms. The Kier molecular flexibility index (Phi) is 4.53. The predicted molar refractivity (Wildman–Crippen MR) is 90.7 cm³/mol. The second-order valence-electron chi connectivity index (χ2n) is 4.99. The standard InChI is InChI=1S/C19H17O2P/c20-22-21-19(16-10-4-1-5-11-16,17-12-6-2-7-13-17)18-14-8-3-9-15-18/h1-15H,22H2. The van der Waals surface area contributed by atoms with Gasteiger partial charge in [0, 0.05) is 0 Å². The molecule has 0 amide bonds. The highest BCUT2D eigenvalue weighted by Crippen LogP contribution is 2.42. The Labute approximate surface area is 131 Å². The van der Waals surface area contributed by atoms with E-state index >= 15 is 0 Å². The van der Waals surface area contributed by atoms with Gasteiger partial charge in [-0.15, -0.1) is 0 Å². The monoisotopic (exact) mass is 308 g/mol. The molecule has 1 atom stereocenters. The van der Waals surface area contributed by atoms with Crippen LogP contribution in [0.5, 0.6) is 0 Å². The first-order chi connectivity index (χ1) is 10.9. The summed E-state index contributed by atoms with van der Waals surface area (Å²) in [7, 11) is -1.37. The van der Waals surface area contributed by atoms with Crippen LogP contribution in [0.4, 0.5) is 0 Å². The van der Waals surface area contributed by atoms with Gasteiger partial charge >= 0.3 is 0 Å². The van der Waals surface area contributed by atoms with E-state index in [4.69, 9.17) is 4.52 Å². The summed E-state index contributed by atoms with van der Waals surface area (Å²) in [6.07, 6.45) is 0. The van der Waals surface area contributed by atoms with Crippen molar-refractivity contribution in [1.82, 2.24) is 0 Å². The molecule has 0 heterocycles. The molecule has 3 heteroatoms. The highest BCUT2D eigenvalue weighted by atomic mass is 31.1. The van der Waals surface area contributed by atoms with E-state index in [1.54, 1.807) is 0 Å². The number of hydrogen-bond acceptors (Lipinski definition) is 2. The summed E-state index contributed by atoms with van der Waals surface area (Å²) in [6.45, 7) is 0. The third-order valence-corrected chi connectivity index (χ3v) is 4.22. The van der Waals surface area contributed by atoms with Crippen LogP contribution in [0.25, 0.3) is 0 Å². The molecule has 0 saturated heterocycles. The van der Waals surface area contributed by atoms with Gasteiger partial charge in [0.25, 0.3) is 0 Å². The smallest absolute Gasteiger partial charge is 0.181 e. The average Bonchev–Trinajstić information content (AvgIpc) is 2.62. The van der Waals surface area contributed by atoms with E-state index in [-0.39, 0.29) is 0 Å². The normalized spacial score (nSPS) is 11.8. The first-order valence-electron chi connectivity index (χ1n) is 7.16. The molecule has 110 valence electrons. The van der Waals surface area contributed by atoms with E-state index in [0.29, 0.717) is 0 Å². The molecule has 0 bridgehead atoms. The maximum Gasteiger partial charge on any atom is 0.181 e. The lowest BCUT2D eigenvalue weighted by Gasteiger charge is -2.33. The van der Waals surface area contributed by atoms with Crippen LogP contribution >= 0.6 is 8.69 Å². The highest BCUT2D eigenvalue weighted by molar-refractivity contribution is 7.17. The number of rotatable bonds is 5. The summed E-state index contributed by atoms with van der Waals surface area (Å²) in [4.78, 5) is 0. The Hall–Kier alpha value is -2.15. The summed E-state index contributed by atoms with van der Waals surface area (Å²) in [5.74, 6) is 0. The van der Waals surface area contributed by atoms with E-state index in [9.17, 15) is 4.57 Å². The van der Waals surface area contributed by atoms with E-state index in [1.807, 2.05) is 91.0 Å². The minimum absolute atomic E-state index is 0.846. The Morgan fingerprint density at radius 3 is 1.18 bits per heavy atom. The fourth-order valence-electron chi connectivity index (χ4n) is 2.79. The molecule has 0 aliphatic rings. The molecule has 1 unspecified atom stereocenters. The van der Waals surface area contributed by atoms with Gasteiger partial charge in [-0.1, -0.05) is 91.0 Å². The predicted octanol–water partition coefficient (Wildman–Crippen LogP) is 4.67. The van der Waals surface area contributed by atoms with E-state index in [1.165, 1.54) is 0 Å². The van der Waals surface area contributed by atoms with Crippen molar-refractivity contribution >= 4 is 8.69 Å². The van der Waals surface area contributed by atoms with Crippen LogP contribution in [-0.2, 0) is 14.7 Å². The maximum absolute atomic E-state index is 11.5. The third-order valence-electron chi connectivity index (χ3n) is 3.77. The van der Waals surface area contributed by atoms with Gasteiger partial charge in [-0.05, 0) is 16.7 Å². The van der Waals surface area contributed by atoms with Gasteiger partial charge in [-0.2, -0.15) is 0 Å². The lowest BCUT2D eigenvalue weighted by Crippen LogP contribution is -2.29. The minimum atomic E-state index is -1.37. The second-order valence-corrected chi connectivity index (χ2v) is 5.42. The molecule has 3 aromatic carbocycles. The third kappa shape index (κ3) is 2.64. The quantitative estimate of drug-likeness (QED) is 0.506. The fraction of sp³-hybridized carbons (Fsp3) is 0.0526. The molecule has 2 nitrogen and oxygen atoms in total. The Bertz CT molecular complexity index is 630. The van der Waals surface area contributed by atoms with Crippen molar-refractivity contribution in [2.45, 2.75) is 5.60 Å². The molecule has 0 radical (unpaired) electrons. The van der Waals surface area contributed by atoms with Crippen molar-refractivity contribution in [3.8, 4) is 0 Å². The van der Waals surface area contributed by atoms with Gasteiger partial charge < -0.3 is 4.52 Å². The van der Waals surface area contributed by atoms with Gasteiger partial charge in [0.15, 0.2) is 14.3 Å². The molecule has 0 aliphatic carbocycles. The lowest BCUT2D eigenvalue weighted by molar-refractivity contribution is 0.177. The summed E-state index contributed by atoms with van der Waals surface area (Å²) in [5, 5.41) is 0. The zero-order chi connectivity index (χ0) is 15.3. The summed E-state index contributed by atoms with van der Waals surface area (Å²) < 4.78 is 17.4. The molecule has 0 N–H and O–H groups in total. The molecular formula is C19H17O2P. The number of benzene rings is 3. The zero-order valence-corrected chi connectivity index (χ0v) is 13.2. The van der Waals surface area contributed by atoms with Crippen LogP contribution < -0.4 is 0 Å². The van der Waals surface area contributed by atoms with Crippen molar-refractivity contribution in [2.75, 3.05) is 0 Å². The Morgan fingerprint density at radius 2 is 0.909 bits per heavy atom. The van der Waals surface area contributed by atoms with Crippen molar-refractivity contribution in [2.24, 2.45) is 0 Å². The van der Waals surface area contributed by atoms with Crippen LogP contribution in [-0.4, -0.2) is 0 Å². The van der Waals surface area contributed by atoms with E-state index in [2.05, 4.69) is 0 Å². The highest BCUT2D eigenvalue weighted by Gasteiger charge is 2.37. The molecule has 0 saturated carbocycles. The molecule has 22 heavy (non-hydrogen) atoms. The van der Waals surface area contributed by atoms with Gasteiger partial charge in [0.2, 0.25) is 0 Å². The van der Waals surface area contributed by atoms with Gasteiger partial charge in [-0.25, -0.2) is 0 Å². The van der Waals surface area contributed by atoms with Crippen molar-refractivity contribution in [1.29, 1.82) is 0 Å². The van der Waals surface area contributed by atoms with E-state index in [0.717, 1.165) is 16.7 Å². The Morgan fingerprint density at radius 1 is 0.591 bits per heavy atom. The topological polar surface area (TPSA) is 26.3 Å². The molecule has 0 fully saturated rings. The molecule has 3 aromatic rings. The van der Waals surface area contributed by atoms with Crippen LogP contribution in [0.15, 0.2) is 91.0 Å². The minimum Gasteiger partial charge on any atom is -0.311 e. The molecular weight excluding hydrogens is 291 g/mol. The van der Waals surface area contributed by atoms with Crippen molar-refractivity contribution < 1.29 is 9.09 Å². The maximum atomic E-state index is 11.5. The first-order valence-corrected chi connectivity index (χ1v) is 8.10. The van der Waals surface area contributed by atoms with Gasteiger partial charge in [-0.3, -0.25) is 4.57 Å². The molecule has 0 aliphatic heterocycles. The lowest BCUT2D eigenvalue weighted by atomic mass is 9.80.